The van der Waals surface area contributed by atoms with E-state index in [9.17, 15) is 17.6 Å². The molecule has 0 saturated heterocycles. The van der Waals surface area contributed by atoms with Crippen molar-refractivity contribution in [2.24, 2.45) is 0 Å². The first-order chi connectivity index (χ1) is 13.6. The van der Waals surface area contributed by atoms with E-state index in [2.05, 4.69) is 9.97 Å². The molecule has 0 saturated carbocycles. The van der Waals surface area contributed by atoms with E-state index in [0.29, 0.717) is 9.67 Å². The SMILES string of the molecule is Cc1cccc(S(=O)(=O)n2cc(CN(C)C(=O)O)c(F)c2-c2cccnc2F)n1. The Balaban J connectivity index is 2.28. The zero-order chi connectivity index (χ0) is 21.3. The van der Waals surface area contributed by atoms with Gasteiger partial charge in [0.25, 0.3) is 10.0 Å². The van der Waals surface area contributed by atoms with E-state index in [-0.39, 0.29) is 16.2 Å². The average molecular weight is 422 g/mol. The van der Waals surface area contributed by atoms with Crippen molar-refractivity contribution in [2.45, 2.75) is 18.5 Å². The summed E-state index contributed by atoms with van der Waals surface area (Å²) in [4.78, 5) is 19.3. The molecule has 0 radical (unpaired) electrons. The second-order valence-corrected chi connectivity index (χ2v) is 7.98. The van der Waals surface area contributed by atoms with E-state index < -0.39 is 40.1 Å². The zero-order valence-electron chi connectivity index (χ0n) is 15.4. The Morgan fingerprint density at radius 1 is 1.24 bits per heavy atom. The molecule has 3 aromatic rings. The number of aromatic nitrogens is 3. The van der Waals surface area contributed by atoms with E-state index >= 15 is 4.39 Å². The van der Waals surface area contributed by atoms with Gasteiger partial charge in [0.2, 0.25) is 5.95 Å². The first-order valence-corrected chi connectivity index (χ1v) is 9.71. The Bertz CT molecular complexity index is 1190. The molecule has 3 aromatic heterocycles. The molecule has 0 aliphatic carbocycles. The predicted octanol–water partition coefficient (Wildman–Crippen LogP) is 2.88. The van der Waals surface area contributed by atoms with Crippen LogP contribution in [0.4, 0.5) is 13.6 Å². The number of hydrogen-bond donors (Lipinski definition) is 1. The third-order valence-corrected chi connectivity index (χ3v) is 5.68. The van der Waals surface area contributed by atoms with Crippen LogP contribution >= 0.6 is 0 Å². The number of carbonyl (C=O) groups is 1. The number of carboxylic acid groups (broad SMARTS) is 1. The zero-order valence-corrected chi connectivity index (χ0v) is 16.2. The minimum absolute atomic E-state index is 0.246. The van der Waals surface area contributed by atoms with Crippen LogP contribution in [0.25, 0.3) is 11.3 Å². The van der Waals surface area contributed by atoms with Crippen LogP contribution in [0.1, 0.15) is 11.3 Å². The molecule has 3 rings (SSSR count). The van der Waals surface area contributed by atoms with Gasteiger partial charge in [0.1, 0.15) is 5.69 Å². The number of rotatable bonds is 5. The summed E-state index contributed by atoms with van der Waals surface area (Å²) < 4.78 is 56.3. The van der Waals surface area contributed by atoms with Crippen LogP contribution in [0.15, 0.2) is 47.8 Å². The van der Waals surface area contributed by atoms with Gasteiger partial charge >= 0.3 is 6.09 Å². The van der Waals surface area contributed by atoms with Crippen LogP contribution < -0.4 is 0 Å². The molecule has 0 fully saturated rings. The quantitative estimate of drug-likeness (QED) is 0.634. The lowest BCUT2D eigenvalue weighted by Gasteiger charge is -2.11. The van der Waals surface area contributed by atoms with Gasteiger partial charge in [-0.25, -0.2) is 23.1 Å². The van der Waals surface area contributed by atoms with Crippen molar-refractivity contribution in [3.8, 4) is 11.3 Å². The van der Waals surface area contributed by atoms with Crippen molar-refractivity contribution in [1.29, 1.82) is 0 Å². The molecule has 0 atom stereocenters. The highest BCUT2D eigenvalue weighted by molar-refractivity contribution is 7.90. The fourth-order valence-electron chi connectivity index (χ4n) is 2.70. The first kappa shape index (κ1) is 20.4. The minimum Gasteiger partial charge on any atom is -0.465 e. The van der Waals surface area contributed by atoms with Crippen LogP contribution in [-0.4, -0.2) is 45.5 Å². The molecule has 29 heavy (non-hydrogen) atoms. The van der Waals surface area contributed by atoms with Crippen molar-refractivity contribution in [3.05, 3.63) is 65.7 Å². The smallest absolute Gasteiger partial charge is 0.407 e. The van der Waals surface area contributed by atoms with Gasteiger partial charge in [-0.2, -0.15) is 12.8 Å². The Labute approximate surface area is 165 Å². The van der Waals surface area contributed by atoms with E-state index in [1.165, 1.54) is 31.3 Å². The first-order valence-electron chi connectivity index (χ1n) is 8.27. The third kappa shape index (κ3) is 3.81. The number of pyridine rings is 2. The molecule has 11 heteroatoms. The van der Waals surface area contributed by atoms with Gasteiger partial charge in [-0.3, -0.25) is 0 Å². The van der Waals surface area contributed by atoms with Crippen molar-refractivity contribution < 1.29 is 27.1 Å². The van der Waals surface area contributed by atoms with Gasteiger partial charge < -0.3 is 10.0 Å². The number of halogens is 2. The lowest BCUT2D eigenvalue weighted by atomic mass is 10.2. The van der Waals surface area contributed by atoms with Crippen LogP contribution in [-0.2, 0) is 16.6 Å². The molecule has 0 aromatic carbocycles. The van der Waals surface area contributed by atoms with Crippen molar-refractivity contribution in [2.75, 3.05) is 7.05 Å². The molecule has 0 bridgehead atoms. The highest BCUT2D eigenvalue weighted by atomic mass is 32.2. The van der Waals surface area contributed by atoms with Gasteiger partial charge in [0, 0.05) is 30.7 Å². The Hall–Kier alpha value is -3.34. The summed E-state index contributed by atoms with van der Waals surface area (Å²) in [5.41, 5.74) is -0.804. The minimum atomic E-state index is -4.41. The van der Waals surface area contributed by atoms with Crippen molar-refractivity contribution in [3.63, 3.8) is 0 Å². The largest absolute Gasteiger partial charge is 0.465 e. The number of aryl methyl sites for hydroxylation is 1. The normalized spacial score (nSPS) is 11.4. The van der Waals surface area contributed by atoms with Gasteiger partial charge in [0.05, 0.1) is 12.1 Å². The molecular formula is C18H16F2N4O4S. The highest BCUT2D eigenvalue weighted by Gasteiger charge is 2.30. The molecular weight excluding hydrogens is 406 g/mol. The maximum absolute atomic E-state index is 15.2. The number of hydrogen-bond acceptors (Lipinski definition) is 5. The lowest BCUT2D eigenvalue weighted by Crippen LogP contribution is -2.24. The summed E-state index contributed by atoms with van der Waals surface area (Å²) in [6.07, 6.45) is 0.727. The average Bonchev–Trinajstić information content (AvgIpc) is 2.99. The molecule has 1 N–H and O–H groups in total. The molecule has 1 amide bonds. The lowest BCUT2D eigenvalue weighted by molar-refractivity contribution is 0.153. The van der Waals surface area contributed by atoms with Crippen LogP contribution in [0.2, 0.25) is 0 Å². The standard InChI is InChI=1S/C18H16F2N4O4S/c1-11-5-3-7-14(22-11)29(27,28)24-10-12(9-23(2)18(25)26)15(19)16(24)13-6-4-8-21-17(13)20/h3-8,10H,9H2,1-2H3,(H,25,26). The molecule has 152 valence electrons. The molecule has 0 aliphatic rings. The van der Waals surface area contributed by atoms with E-state index in [1.807, 2.05) is 0 Å². The van der Waals surface area contributed by atoms with E-state index in [1.54, 1.807) is 13.0 Å². The van der Waals surface area contributed by atoms with Crippen LogP contribution in [0.3, 0.4) is 0 Å². The Morgan fingerprint density at radius 2 is 1.97 bits per heavy atom. The van der Waals surface area contributed by atoms with Crippen LogP contribution in [0.5, 0.6) is 0 Å². The summed E-state index contributed by atoms with van der Waals surface area (Å²) >= 11 is 0. The third-order valence-electron chi connectivity index (χ3n) is 4.12. The van der Waals surface area contributed by atoms with Gasteiger partial charge in [0.15, 0.2) is 10.8 Å². The molecule has 3 heterocycles. The van der Waals surface area contributed by atoms with E-state index in [4.69, 9.17) is 5.11 Å². The highest BCUT2D eigenvalue weighted by Crippen LogP contribution is 2.32. The molecule has 0 spiro atoms. The van der Waals surface area contributed by atoms with E-state index in [0.717, 1.165) is 17.3 Å². The summed E-state index contributed by atoms with van der Waals surface area (Å²) in [6, 6.07) is 6.80. The Morgan fingerprint density at radius 3 is 2.59 bits per heavy atom. The monoisotopic (exact) mass is 422 g/mol. The fraction of sp³-hybridized carbons (Fsp3) is 0.167. The maximum Gasteiger partial charge on any atom is 0.407 e. The van der Waals surface area contributed by atoms with Crippen molar-refractivity contribution >= 4 is 16.1 Å². The summed E-state index contributed by atoms with van der Waals surface area (Å²) in [5, 5.41) is 8.67. The Kier molecular flexibility index (Phi) is 5.33. The topological polar surface area (TPSA) is 105 Å². The molecule has 0 aliphatic heterocycles. The van der Waals surface area contributed by atoms with Crippen LogP contribution in [0, 0.1) is 18.7 Å². The molecule has 0 unspecified atom stereocenters. The predicted molar refractivity (Wildman–Crippen MR) is 98.6 cm³/mol. The van der Waals surface area contributed by atoms with Gasteiger partial charge in [-0.1, -0.05) is 6.07 Å². The summed E-state index contributed by atoms with van der Waals surface area (Å²) in [5.74, 6) is -2.14. The summed E-state index contributed by atoms with van der Waals surface area (Å²) in [7, 11) is -3.22. The molecule has 8 nitrogen and oxygen atoms in total. The number of amides is 1. The summed E-state index contributed by atoms with van der Waals surface area (Å²) in [6.45, 7) is 1.14. The second-order valence-electron chi connectivity index (χ2n) is 6.22. The number of nitrogens with zero attached hydrogens (tertiary/aromatic N) is 4. The van der Waals surface area contributed by atoms with Gasteiger partial charge in [-0.15, -0.1) is 0 Å². The van der Waals surface area contributed by atoms with Crippen molar-refractivity contribution in [1.82, 2.24) is 18.8 Å². The van der Waals surface area contributed by atoms with Gasteiger partial charge in [-0.05, 0) is 31.2 Å². The maximum atomic E-state index is 15.2. The second kappa shape index (κ2) is 7.59. The fourth-order valence-corrected chi connectivity index (χ4v) is 4.09.